The Bertz CT molecular complexity index is 550. The molecule has 1 aliphatic rings. The maximum absolute atomic E-state index is 12.3. The van der Waals surface area contributed by atoms with Crippen LogP contribution in [0.4, 0.5) is 0 Å². The Morgan fingerprint density at radius 2 is 2.17 bits per heavy atom. The van der Waals surface area contributed by atoms with Crippen LogP contribution in [0.1, 0.15) is 24.9 Å². The molecule has 23 heavy (non-hydrogen) atoms. The van der Waals surface area contributed by atoms with Crippen LogP contribution in [0.15, 0.2) is 13.6 Å². The molecule has 1 aromatic heterocycles. The molecule has 130 valence electrons. The first kappa shape index (κ1) is 17.7. The van der Waals surface area contributed by atoms with Crippen LogP contribution in [0.25, 0.3) is 0 Å². The quantitative estimate of drug-likeness (QED) is 0.509. The fraction of sp³-hybridized carbons (Fsp3) is 0.733. The summed E-state index contributed by atoms with van der Waals surface area (Å²) in [6.07, 6.45) is 0.962. The van der Waals surface area contributed by atoms with Crippen molar-refractivity contribution in [2.75, 3.05) is 39.5 Å². The third-order valence-electron chi connectivity index (χ3n) is 3.56. The Morgan fingerprint density at radius 3 is 2.87 bits per heavy atom. The average Bonchev–Trinajstić information content (AvgIpc) is 2.87. The van der Waals surface area contributed by atoms with Gasteiger partial charge in [0.2, 0.25) is 0 Å². The molecule has 1 aromatic rings. The maximum atomic E-state index is 12.3. The lowest BCUT2D eigenvalue weighted by atomic mass is 10.2. The second-order valence-corrected chi connectivity index (χ2v) is 5.28. The summed E-state index contributed by atoms with van der Waals surface area (Å²) < 4.78 is 25.6. The molecular weight excluding hydrogens is 306 g/mol. The first-order chi connectivity index (χ1) is 11.1. The van der Waals surface area contributed by atoms with E-state index in [2.05, 4.69) is 0 Å². The summed E-state index contributed by atoms with van der Waals surface area (Å²) >= 11 is 0. The molecule has 2 heterocycles. The van der Waals surface area contributed by atoms with E-state index in [1.54, 1.807) is 6.92 Å². The lowest BCUT2D eigenvalue weighted by Gasteiger charge is -2.33. The first-order valence-electron chi connectivity index (χ1n) is 7.77. The summed E-state index contributed by atoms with van der Waals surface area (Å²) in [7, 11) is 0. The SMILES string of the molecule is CCCOCCN1CCOC[C@@H]1C(=O)OCc1oc(=O)oc1C. The van der Waals surface area contributed by atoms with Crippen molar-refractivity contribution in [3.05, 3.63) is 22.1 Å². The monoisotopic (exact) mass is 329 g/mol. The van der Waals surface area contributed by atoms with E-state index < -0.39 is 17.8 Å². The van der Waals surface area contributed by atoms with Crippen molar-refractivity contribution in [1.29, 1.82) is 0 Å². The van der Waals surface area contributed by atoms with Gasteiger partial charge in [-0.05, 0) is 13.3 Å². The zero-order chi connectivity index (χ0) is 16.7. The van der Waals surface area contributed by atoms with Crippen LogP contribution < -0.4 is 5.82 Å². The normalized spacial score (nSPS) is 19.0. The number of aryl methyl sites for hydroxylation is 1. The highest BCUT2D eigenvalue weighted by Crippen LogP contribution is 2.12. The zero-order valence-corrected chi connectivity index (χ0v) is 13.5. The smallest absolute Gasteiger partial charge is 0.456 e. The molecule has 1 atom stereocenters. The zero-order valence-electron chi connectivity index (χ0n) is 13.5. The number of hydrogen-bond acceptors (Lipinski definition) is 8. The number of carbonyl (C=O) groups excluding carboxylic acids is 1. The molecular formula is C15H23NO7. The molecule has 8 nitrogen and oxygen atoms in total. The van der Waals surface area contributed by atoms with E-state index in [0.29, 0.717) is 38.7 Å². The van der Waals surface area contributed by atoms with Crippen molar-refractivity contribution in [2.45, 2.75) is 32.9 Å². The molecule has 1 fully saturated rings. The minimum Gasteiger partial charge on any atom is -0.456 e. The molecule has 2 rings (SSSR count). The summed E-state index contributed by atoms with van der Waals surface area (Å²) in [5, 5.41) is 0. The largest absolute Gasteiger partial charge is 0.519 e. The molecule has 0 unspecified atom stereocenters. The van der Waals surface area contributed by atoms with Crippen LogP contribution in [0, 0.1) is 6.92 Å². The van der Waals surface area contributed by atoms with Gasteiger partial charge in [-0.15, -0.1) is 0 Å². The van der Waals surface area contributed by atoms with Crippen LogP contribution in [-0.4, -0.2) is 56.4 Å². The minimum absolute atomic E-state index is 0.132. The molecule has 0 amide bonds. The van der Waals surface area contributed by atoms with E-state index in [1.165, 1.54) is 0 Å². The van der Waals surface area contributed by atoms with Crippen molar-refractivity contribution in [1.82, 2.24) is 4.90 Å². The third kappa shape index (κ3) is 5.19. The molecule has 1 saturated heterocycles. The van der Waals surface area contributed by atoms with E-state index in [-0.39, 0.29) is 19.0 Å². The lowest BCUT2D eigenvalue weighted by molar-refractivity contribution is -0.158. The predicted molar refractivity (Wildman–Crippen MR) is 79.1 cm³/mol. The van der Waals surface area contributed by atoms with Gasteiger partial charge in [0.05, 0.1) is 19.8 Å². The Kier molecular flexibility index (Phi) is 6.82. The summed E-state index contributed by atoms with van der Waals surface area (Å²) in [5.74, 6) is -0.682. The second-order valence-electron chi connectivity index (χ2n) is 5.28. The van der Waals surface area contributed by atoms with E-state index >= 15 is 0 Å². The Morgan fingerprint density at radius 1 is 1.35 bits per heavy atom. The highest BCUT2D eigenvalue weighted by Gasteiger charge is 2.30. The molecule has 0 aliphatic carbocycles. The molecule has 0 N–H and O–H groups in total. The molecule has 0 aromatic carbocycles. The topological polar surface area (TPSA) is 91.4 Å². The maximum Gasteiger partial charge on any atom is 0.519 e. The highest BCUT2D eigenvalue weighted by atomic mass is 16.6. The standard InChI is InChI=1S/C15H23NO7/c1-3-6-19-7-4-16-5-8-20-9-12(16)14(17)21-10-13-11(2)22-15(18)23-13/h12H,3-10H2,1-2H3/t12-/m1/s1. The van der Waals surface area contributed by atoms with Gasteiger partial charge < -0.3 is 23.0 Å². The van der Waals surface area contributed by atoms with Crippen LogP contribution in [0.5, 0.6) is 0 Å². The van der Waals surface area contributed by atoms with Gasteiger partial charge in [-0.2, -0.15) is 0 Å². The van der Waals surface area contributed by atoms with Crippen molar-refractivity contribution in [3.8, 4) is 0 Å². The van der Waals surface area contributed by atoms with Crippen molar-refractivity contribution in [2.24, 2.45) is 0 Å². The number of carbonyl (C=O) groups is 1. The Balaban J connectivity index is 1.84. The third-order valence-corrected chi connectivity index (χ3v) is 3.56. The predicted octanol–water partition coefficient (Wildman–Crippen LogP) is 0.712. The molecule has 0 spiro atoms. The minimum atomic E-state index is -0.802. The van der Waals surface area contributed by atoms with Gasteiger partial charge in [-0.1, -0.05) is 6.92 Å². The van der Waals surface area contributed by atoms with Crippen LogP contribution in [0.3, 0.4) is 0 Å². The first-order valence-corrected chi connectivity index (χ1v) is 7.77. The van der Waals surface area contributed by atoms with Gasteiger partial charge in [0.1, 0.15) is 6.04 Å². The second kappa shape index (κ2) is 8.85. The Labute approximate surface area is 134 Å². The van der Waals surface area contributed by atoms with E-state index in [4.69, 9.17) is 23.0 Å². The van der Waals surface area contributed by atoms with E-state index in [9.17, 15) is 9.59 Å². The number of rotatable bonds is 8. The summed E-state index contributed by atoms with van der Waals surface area (Å²) in [6, 6.07) is -0.479. The fourth-order valence-corrected chi connectivity index (χ4v) is 2.29. The number of esters is 1. The van der Waals surface area contributed by atoms with Gasteiger partial charge in [-0.3, -0.25) is 9.69 Å². The van der Waals surface area contributed by atoms with Gasteiger partial charge >= 0.3 is 11.8 Å². The van der Waals surface area contributed by atoms with Gasteiger partial charge in [0.15, 0.2) is 18.1 Å². The Hall–Kier alpha value is -1.64. The molecule has 1 aliphatic heterocycles. The number of hydrogen-bond donors (Lipinski definition) is 0. The van der Waals surface area contributed by atoms with E-state index in [0.717, 1.165) is 6.42 Å². The van der Waals surface area contributed by atoms with E-state index in [1.807, 2.05) is 11.8 Å². The summed E-state index contributed by atoms with van der Waals surface area (Å²) in [4.78, 5) is 25.2. The molecule has 0 radical (unpaired) electrons. The number of nitrogens with zero attached hydrogens (tertiary/aromatic N) is 1. The van der Waals surface area contributed by atoms with Crippen LogP contribution in [-0.2, 0) is 25.6 Å². The van der Waals surface area contributed by atoms with Crippen LogP contribution in [0.2, 0.25) is 0 Å². The molecule has 8 heteroatoms. The van der Waals surface area contributed by atoms with Gasteiger partial charge in [0, 0.05) is 19.7 Å². The highest BCUT2D eigenvalue weighted by molar-refractivity contribution is 5.76. The van der Waals surface area contributed by atoms with Gasteiger partial charge in [-0.25, -0.2) is 4.79 Å². The fourth-order valence-electron chi connectivity index (χ4n) is 2.29. The van der Waals surface area contributed by atoms with Gasteiger partial charge in [0.25, 0.3) is 0 Å². The average molecular weight is 329 g/mol. The number of ether oxygens (including phenoxy) is 3. The van der Waals surface area contributed by atoms with Crippen molar-refractivity contribution >= 4 is 5.97 Å². The number of morpholine rings is 1. The summed E-state index contributed by atoms with van der Waals surface area (Å²) in [5.41, 5.74) is 0. The lowest BCUT2D eigenvalue weighted by Crippen LogP contribution is -2.51. The molecule has 0 saturated carbocycles. The van der Waals surface area contributed by atoms with Crippen molar-refractivity contribution in [3.63, 3.8) is 0 Å². The molecule has 0 bridgehead atoms. The van der Waals surface area contributed by atoms with Crippen LogP contribution >= 0.6 is 0 Å². The van der Waals surface area contributed by atoms with Crippen molar-refractivity contribution < 1.29 is 27.8 Å². The summed E-state index contributed by atoms with van der Waals surface area (Å²) in [6.45, 7) is 6.91.